The molecule has 9 heteroatoms. The Morgan fingerprint density at radius 3 is 2.66 bits per heavy atom. The number of hydrogen-bond acceptors (Lipinski definition) is 6. The Kier molecular flexibility index (Phi) is 5.74. The van der Waals surface area contributed by atoms with Gasteiger partial charge < -0.3 is 11.1 Å². The van der Waals surface area contributed by atoms with Gasteiger partial charge in [-0.3, -0.25) is 10.1 Å². The smallest absolute Gasteiger partial charge is 0.269 e. The van der Waals surface area contributed by atoms with Crippen LogP contribution in [0.5, 0.6) is 0 Å². The van der Waals surface area contributed by atoms with Crippen LogP contribution in [0.4, 0.5) is 21.6 Å². The Hall–Kier alpha value is -3.93. The minimum Gasteiger partial charge on any atom is -0.385 e. The van der Waals surface area contributed by atoms with Crippen LogP contribution in [0.15, 0.2) is 42.5 Å². The van der Waals surface area contributed by atoms with E-state index in [1.165, 1.54) is 28.9 Å². The summed E-state index contributed by atoms with van der Waals surface area (Å²) in [5.41, 5.74) is 9.14. The summed E-state index contributed by atoms with van der Waals surface area (Å²) in [6.07, 6.45) is 1.19. The third-order valence-corrected chi connectivity index (χ3v) is 4.50. The number of non-ortho nitro benzene ring substituents is 1. The highest BCUT2D eigenvalue weighted by Gasteiger charge is 2.16. The van der Waals surface area contributed by atoms with E-state index in [9.17, 15) is 19.8 Å². The van der Waals surface area contributed by atoms with Crippen LogP contribution in [0, 0.1) is 34.2 Å². The maximum Gasteiger partial charge on any atom is 0.269 e. The summed E-state index contributed by atoms with van der Waals surface area (Å²) in [5, 5.41) is 27.9. The lowest BCUT2D eigenvalue weighted by atomic mass is 10.1. The van der Waals surface area contributed by atoms with Crippen LogP contribution in [0.2, 0.25) is 0 Å². The fourth-order valence-electron chi connectivity index (χ4n) is 2.99. The van der Waals surface area contributed by atoms with Gasteiger partial charge in [-0.25, -0.2) is 9.07 Å². The highest BCUT2D eigenvalue weighted by molar-refractivity contribution is 5.57. The lowest BCUT2D eigenvalue weighted by molar-refractivity contribution is -0.384. The molecule has 3 N–H and O–H groups in total. The summed E-state index contributed by atoms with van der Waals surface area (Å²) >= 11 is 0. The predicted octanol–water partition coefficient (Wildman–Crippen LogP) is 3.73. The second-order valence-corrected chi connectivity index (χ2v) is 6.49. The van der Waals surface area contributed by atoms with Gasteiger partial charge in [0.1, 0.15) is 23.3 Å². The molecule has 3 rings (SSSR count). The monoisotopic (exact) mass is 394 g/mol. The number of aryl methyl sites for hydroxylation is 2. The minimum absolute atomic E-state index is 0.0496. The average molecular weight is 394 g/mol. The Morgan fingerprint density at radius 2 is 2.03 bits per heavy atom. The van der Waals surface area contributed by atoms with Crippen LogP contribution in [0.1, 0.15) is 23.2 Å². The van der Waals surface area contributed by atoms with E-state index < -0.39 is 4.92 Å². The highest BCUT2D eigenvalue weighted by Crippen LogP contribution is 2.23. The van der Waals surface area contributed by atoms with E-state index in [0.717, 1.165) is 11.3 Å². The van der Waals surface area contributed by atoms with Crippen molar-refractivity contribution in [3.8, 4) is 11.8 Å². The molecule has 1 aromatic heterocycles. The topological polar surface area (TPSA) is 123 Å². The third kappa shape index (κ3) is 4.32. The Bertz CT molecular complexity index is 1090. The number of nitriles is 1. The summed E-state index contributed by atoms with van der Waals surface area (Å²) in [4.78, 5) is 10.4. The fourth-order valence-corrected chi connectivity index (χ4v) is 2.99. The first kappa shape index (κ1) is 19.8. The number of halogens is 1. The number of nitrogens with two attached hydrogens (primary N) is 1. The lowest BCUT2D eigenvalue weighted by Gasteiger charge is -2.08. The molecule has 0 aliphatic heterocycles. The molecule has 8 nitrogen and oxygen atoms in total. The lowest BCUT2D eigenvalue weighted by Crippen LogP contribution is -2.05. The van der Waals surface area contributed by atoms with Gasteiger partial charge >= 0.3 is 0 Å². The van der Waals surface area contributed by atoms with Crippen LogP contribution in [-0.4, -0.2) is 21.2 Å². The molecule has 0 radical (unpaired) electrons. The molecule has 3 aromatic rings. The first-order valence-electron chi connectivity index (χ1n) is 8.93. The number of nitro benzene ring substituents is 1. The van der Waals surface area contributed by atoms with Crippen LogP contribution in [0.25, 0.3) is 5.69 Å². The Morgan fingerprint density at radius 1 is 1.31 bits per heavy atom. The molecule has 2 aromatic carbocycles. The van der Waals surface area contributed by atoms with Gasteiger partial charge in [-0.2, -0.15) is 10.4 Å². The molecule has 0 amide bonds. The zero-order chi connectivity index (χ0) is 21.0. The van der Waals surface area contributed by atoms with Gasteiger partial charge in [-0.05, 0) is 55.7 Å². The number of hydrogen-bond donors (Lipinski definition) is 2. The zero-order valence-corrected chi connectivity index (χ0v) is 15.7. The fraction of sp³-hybridized carbons (Fsp3) is 0.200. The number of nitrogens with zero attached hydrogens (tertiary/aromatic N) is 4. The average Bonchev–Trinajstić information content (AvgIpc) is 3.02. The van der Waals surface area contributed by atoms with Crippen molar-refractivity contribution in [1.29, 1.82) is 5.26 Å². The quantitative estimate of drug-likeness (QED) is 0.358. The van der Waals surface area contributed by atoms with E-state index in [1.54, 1.807) is 25.1 Å². The van der Waals surface area contributed by atoms with Crippen molar-refractivity contribution in [2.45, 2.75) is 19.8 Å². The van der Waals surface area contributed by atoms with Crippen molar-refractivity contribution in [2.75, 3.05) is 17.6 Å². The molecule has 0 aliphatic carbocycles. The van der Waals surface area contributed by atoms with Gasteiger partial charge in [0.05, 0.1) is 16.3 Å². The van der Waals surface area contributed by atoms with Gasteiger partial charge in [-0.1, -0.05) is 0 Å². The van der Waals surface area contributed by atoms with Crippen LogP contribution >= 0.6 is 0 Å². The van der Waals surface area contributed by atoms with E-state index in [2.05, 4.69) is 16.5 Å². The van der Waals surface area contributed by atoms with Gasteiger partial charge in [0.2, 0.25) is 0 Å². The molecule has 0 unspecified atom stereocenters. The van der Waals surface area contributed by atoms with Crippen molar-refractivity contribution in [2.24, 2.45) is 0 Å². The summed E-state index contributed by atoms with van der Waals surface area (Å²) in [6, 6.07) is 12.4. The predicted molar refractivity (Wildman–Crippen MR) is 107 cm³/mol. The molecule has 0 spiro atoms. The molecule has 0 atom stereocenters. The normalized spacial score (nSPS) is 10.5. The number of nitrogens with one attached hydrogen (secondary N) is 1. The Labute approximate surface area is 166 Å². The summed E-state index contributed by atoms with van der Waals surface area (Å²) in [7, 11) is 0. The standard InChI is InChI=1S/C20H19FN6O2/c1-13-11-16(27(28)29)8-9-18(13)24-10-2-3-19-17(12-22)20(23)26(25-19)15-6-4-14(21)5-7-15/h4-9,11,24H,2-3,10,23H2,1H3. The molecule has 29 heavy (non-hydrogen) atoms. The number of anilines is 2. The van der Waals surface area contributed by atoms with E-state index in [0.29, 0.717) is 36.3 Å². The van der Waals surface area contributed by atoms with E-state index in [-0.39, 0.29) is 17.3 Å². The summed E-state index contributed by atoms with van der Waals surface area (Å²) < 4.78 is 14.6. The molecule has 148 valence electrons. The van der Waals surface area contributed by atoms with E-state index >= 15 is 0 Å². The molecule has 0 bridgehead atoms. The summed E-state index contributed by atoms with van der Waals surface area (Å²) in [5.74, 6) is -0.152. The first-order valence-corrected chi connectivity index (χ1v) is 8.93. The second kappa shape index (κ2) is 8.39. The SMILES string of the molecule is Cc1cc([N+](=O)[O-])ccc1NCCCc1nn(-c2ccc(F)cc2)c(N)c1C#N. The molecule has 0 fully saturated rings. The highest BCUT2D eigenvalue weighted by atomic mass is 19.1. The zero-order valence-electron chi connectivity index (χ0n) is 15.7. The van der Waals surface area contributed by atoms with Crippen molar-refractivity contribution in [1.82, 2.24) is 9.78 Å². The molecular weight excluding hydrogens is 375 g/mol. The summed E-state index contributed by atoms with van der Waals surface area (Å²) in [6.45, 7) is 2.39. The molecule has 0 saturated heterocycles. The van der Waals surface area contributed by atoms with Crippen molar-refractivity contribution in [3.05, 3.63) is 75.2 Å². The van der Waals surface area contributed by atoms with Crippen LogP contribution < -0.4 is 11.1 Å². The van der Waals surface area contributed by atoms with Gasteiger partial charge in [0.25, 0.3) is 5.69 Å². The van der Waals surface area contributed by atoms with Gasteiger partial charge in [0, 0.05) is 24.4 Å². The van der Waals surface area contributed by atoms with E-state index in [1.807, 2.05) is 0 Å². The van der Waals surface area contributed by atoms with Crippen LogP contribution in [0.3, 0.4) is 0 Å². The molecular formula is C20H19FN6O2. The number of rotatable bonds is 7. The number of nitrogen functional groups attached to an aromatic ring is 1. The van der Waals surface area contributed by atoms with Gasteiger partial charge in [0.15, 0.2) is 0 Å². The Balaban J connectivity index is 1.67. The maximum absolute atomic E-state index is 13.1. The van der Waals surface area contributed by atoms with Gasteiger partial charge in [-0.15, -0.1) is 0 Å². The van der Waals surface area contributed by atoms with Crippen LogP contribution in [-0.2, 0) is 6.42 Å². The van der Waals surface area contributed by atoms with Crippen molar-refractivity contribution in [3.63, 3.8) is 0 Å². The molecule has 0 saturated carbocycles. The maximum atomic E-state index is 13.1. The van der Waals surface area contributed by atoms with E-state index in [4.69, 9.17) is 5.73 Å². The third-order valence-electron chi connectivity index (χ3n) is 4.50. The first-order chi connectivity index (χ1) is 13.9. The largest absolute Gasteiger partial charge is 0.385 e. The second-order valence-electron chi connectivity index (χ2n) is 6.49. The minimum atomic E-state index is -0.429. The van der Waals surface area contributed by atoms with Crippen molar-refractivity contribution >= 4 is 17.2 Å². The number of benzene rings is 2. The number of aromatic nitrogens is 2. The molecule has 1 heterocycles. The van der Waals surface area contributed by atoms with Crippen molar-refractivity contribution < 1.29 is 9.31 Å². The molecule has 0 aliphatic rings. The number of nitro groups is 1.